The van der Waals surface area contributed by atoms with Gasteiger partial charge in [0.15, 0.2) is 11.5 Å². The van der Waals surface area contributed by atoms with Crippen LogP contribution in [0.25, 0.3) is 0 Å². The van der Waals surface area contributed by atoms with E-state index in [9.17, 15) is 9.90 Å². The molecule has 0 aliphatic carbocycles. The van der Waals surface area contributed by atoms with E-state index in [-0.39, 0.29) is 28.0 Å². The van der Waals surface area contributed by atoms with Crippen LogP contribution >= 0.6 is 27.5 Å². The van der Waals surface area contributed by atoms with E-state index in [0.717, 1.165) is 25.9 Å². The summed E-state index contributed by atoms with van der Waals surface area (Å²) < 4.78 is 5.57. The summed E-state index contributed by atoms with van der Waals surface area (Å²) in [6.07, 6.45) is 2.22. The fourth-order valence-corrected chi connectivity index (χ4v) is 3.49. The number of phenolic OH excluding ortho intramolecular Hbond substituents is 1. The topological polar surface area (TPSA) is 61.8 Å². The summed E-state index contributed by atoms with van der Waals surface area (Å²) >= 11 is 9.42. The Kier molecular flexibility index (Phi) is 5.94. The maximum Gasteiger partial charge on any atom is 0.256 e. The number of methoxy groups -OCH3 is 1. The lowest BCUT2D eigenvalue weighted by molar-refractivity contribution is 0.0937. The van der Waals surface area contributed by atoms with Crippen LogP contribution in [0.1, 0.15) is 30.1 Å². The fraction of sp³-hybridized carbons (Fsp3) is 0.533. The predicted molar refractivity (Wildman–Crippen MR) is 90.0 cm³/mol. The lowest BCUT2D eigenvalue weighted by Gasteiger charge is -2.23. The van der Waals surface area contributed by atoms with Crippen LogP contribution < -0.4 is 10.1 Å². The molecule has 1 amide bonds. The van der Waals surface area contributed by atoms with Crippen molar-refractivity contribution in [3.63, 3.8) is 0 Å². The second-order valence-corrected chi connectivity index (χ2v) is 6.47. The van der Waals surface area contributed by atoms with Crippen LogP contribution in [0.4, 0.5) is 0 Å². The molecule has 1 fully saturated rings. The largest absolute Gasteiger partial charge is 0.504 e. The number of likely N-dealkylation sites (N-methyl/N-ethyl adjacent to an activating group) is 1. The minimum absolute atomic E-state index is 0.0875. The third-order valence-electron chi connectivity index (χ3n) is 3.99. The summed E-state index contributed by atoms with van der Waals surface area (Å²) in [5, 5.41) is 13.0. The Morgan fingerprint density at radius 1 is 1.64 bits per heavy atom. The van der Waals surface area contributed by atoms with E-state index < -0.39 is 0 Å². The molecule has 0 spiro atoms. The first kappa shape index (κ1) is 17.4. The van der Waals surface area contributed by atoms with Crippen LogP contribution in [0, 0.1) is 0 Å². The number of nitrogens with one attached hydrogen (secondary N) is 1. The van der Waals surface area contributed by atoms with Gasteiger partial charge in [0.2, 0.25) is 0 Å². The first-order valence-electron chi connectivity index (χ1n) is 7.26. The quantitative estimate of drug-likeness (QED) is 0.810. The number of hydrogen-bond acceptors (Lipinski definition) is 4. The zero-order valence-corrected chi connectivity index (χ0v) is 15.0. The van der Waals surface area contributed by atoms with Crippen molar-refractivity contribution in [3.05, 3.63) is 21.1 Å². The summed E-state index contributed by atoms with van der Waals surface area (Å²) in [6.45, 7) is 4.72. The van der Waals surface area contributed by atoms with E-state index >= 15 is 0 Å². The fourth-order valence-electron chi connectivity index (χ4n) is 2.85. The van der Waals surface area contributed by atoms with E-state index in [1.807, 2.05) is 0 Å². The Bertz CT molecular complexity index is 568. The maximum absolute atomic E-state index is 12.5. The zero-order chi connectivity index (χ0) is 16.3. The first-order valence-corrected chi connectivity index (χ1v) is 8.43. The third kappa shape index (κ3) is 3.50. The van der Waals surface area contributed by atoms with Crippen LogP contribution in [0.2, 0.25) is 5.02 Å². The molecular formula is C15H20BrClN2O3. The van der Waals surface area contributed by atoms with Gasteiger partial charge in [-0.2, -0.15) is 0 Å². The van der Waals surface area contributed by atoms with Crippen LogP contribution in [-0.2, 0) is 0 Å². The highest BCUT2D eigenvalue weighted by Gasteiger charge is 2.26. The standard InChI is InChI=1S/C15H20BrClN2O3/c1-3-19-6-4-5-9(19)8-18-15(21)12-13(17)10(16)7-11(20)14(12)22-2/h7,9,20H,3-6,8H2,1-2H3,(H,18,21)/t9-/m0/s1. The molecule has 2 N–H and O–H groups in total. The number of amides is 1. The molecule has 1 aliphatic rings. The molecule has 1 saturated heterocycles. The maximum atomic E-state index is 12.5. The molecular weight excluding hydrogens is 372 g/mol. The molecule has 0 aromatic heterocycles. The molecule has 122 valence electrons. The number of likely N-dealkylation sites (tertiary alicyclic amines) is 1. The zero-order valence-electron chi connectivity index (χ0n) is 12.7. The van der Waals surface area contributed by atoms with Gasteiger partial charge in [-0.25, -0.2) is 0 Å². The molecule has 1 atom stereocenters. The number of carbonyl (C=O) groups is 1. The minimum atomic E-state index is -0.346. The molecule has 1 aromatic carbocycles. The van der Waals surface area contributed by atoms with E-state index in [0.29, 0.717) is 17.1 Å². The monoisotopic (exact) mass is 390 g/mol. The van der Waals surface area contributed by atoms with Crippen LogP contribution in [-0.4, -0.2) is 48.7 Å². The number of ether oxygens (including phenoxy) is 1. The number of benzene rings is 1. The van der Waals surface area contributed by atoms with E-state index in [1.54, 1.807) is 0 Å². The van der Waals surface area contributed by atoms with Crippen molar-refractivity contribution < 1.29 is 14.6 Å². The predicted octanol–water partition coefficient (Wildman–Crippen LogP) is 3.03. The number of hydrogen-bond donors (Lipinski definition) is 2. The number of carbonyl (C=O) groups excluding carboxylic acids is 1. The second-order valence-electron chi connectivity index (χ2n) is 5.23. The van der Waals surface area contributed by atoms with Gasteiger partial charge in [-0.15, -0.1) is 0 Å². The molecule has 0 bridgehead atoms. The summed E-state index contributed by atoms with van der Waals surface area (Å²) in [6, 6.07) is 1.76. The number of aromatic hydroxyl groups is 1. The smallest absolute Gasteiger partial charge is 0.256 e. The van der Waals surface area contributed by atoms with Crippen molar-refractivity contribution in [1.82, 2.24) is 10.2 Å². The first-order chi connectivity index (χ1) is 10.5. The van der Waals surface area contributed by atoms with Gasteiger partial charge in [0.1, 0.15) is 5.56 Å². The van der Waals surface area contributed by atoms with E-state index in [1.165, 1.54) is 13.2 Å². The van der Waals surface area contributed by atoms with Gasteiger partial charge in [-0.1, -0.05) is 18.5 Å². The normalized spacial score (nSPS) is 18.5. The van der Waals surface area contributed by atoms with Crippen LogP contribution in [0.15, 0.2) is 10.5 Å². The highest BCUT2D eigenvalue weighted by molar-refractivity contribution is 9.10. The molecule has 1 heterocycles. The van der Waals surface area contributed by atoms with E-state index in [4.69, 9.17) is 16.3 Å². The van der Waals surface area contributed by atoms with Crippen molar-refractivity contribution in [1.29, 1.82) is 0 Å². The molecule has 7 heteroatoms. The summed E-state index contributed by atoms with van der Waals surface area (Å²) in [5.74, 6) is -0.383. The summed E-state index contributed by atoms with van der Waals surface area (Å²) in [7, 11) is 1.39. The van der Waals surface area contributed by atoms with Gasteiger partial charge in [0.05, 0.1) is 12.1 Å². The van der Waals surface area contributed by atoms with Crippen LogP contribution in [0.3, 0.4) is 0 Å². The molecule has 0 saturated carbocycles. The molecule has 1 aliphatic heterocycles. The van der Waals surface area contributed by atoms with Gasteiger partial charge in [-0.05, 0) is 47.9 Å². The summed E-state index contributed by atoms with van der Waals surface area (Å²) in [5.41, 5.74) is 0.150. The molecule has 0 radical (unpaired) electrons. The number of rotatable bonds is 5. The van der Waals surface area contributed by atoms with Gasteiger partial charge in [-0.3, -0.25) is 9.69 Å². The molecule has 5 nitrogen and oxygen atoms in total. The van der Waals surface area contributed by atoms with Crippen molar-refractivity contribution in [2.45, 2.75) is 25.8 Å². The van der Waals surface area contributed by atoms with Crippen molar-refractivity contribution in [3.8, 4) is 11.5 Å². The van der Waals surface area contributed by atoms with Crippen molar-refractivity contribution in [2.75, 3.05) is 26.7 Å². The van der Waals surface area contributed by atoms with Crippen molar-refractivity contribution >= 4 is 33.4 Å². The molecule has 0 unspecified atom stereocenters. The second kappa shape index (κ2) is 7.53. The summed E-state index contributed by atoms with van der Waals surface area (Å²) in [4.78, 5) is 14.8. The molecule has 1 aromatic rings. The minimum Gasteiger partial charge on any atom is -0.504 e. The van der Waals surface area contributed by atoms with Gasteiger partial charge >= 0.3 is 0 Å². The highest BCUT2D eigenvalue weighted by Crippen LogP contribution is 2.40. The average molecular weight is 392 g/mol. The number of nitrogens with zero attached hydrogens (tertiary/aromatic N) is 1. The Balaban J connectivity index is 2.16. The Morgan fingerprint density at radius 3 is 3.00 bits per heavy atom. The molecule has 22 heavy (non-hydrogen) atoms. The van der Waals surface area contributed by atoms with E-state index in [2.05, 4.69) is 33.1 Å². The van der Waals surface area contributed by atoms with Gasteiger partial charge in [0, 0.05) is 17.1 Å². The Hall–Kier alpha value is -0.980. The van der Waals surface area contributed by atoms with Gasteiger partial charge in [0.25, 0.3) is 5.91 Å². The lowest BCUT2D eigenvalue weighted by Crippen LogP contribution is -2.40. The molecule has 2 rings (SSSR count). The average Bonchev–Trinajstić information content (AvgIpc) is 2.95. The highest BCUT2D eigenvalue weighted by atomic mass is 79.9. The van der Waals surface area contributed by atoms with Crippen molar-refractivity contribution in [2.24, 2.45) is 0 Å². The number of phenols is 1. The van der Waals surface area contributed by atoms with Gasteiger partial charge < -0.3 is 15.2 Å². The Morgan fingerprint density at radius 2 is 2.36 bits per heavy atom. The lowest BCUT2D eigenvalue weighted by atomic mass is 10.1. The van der Waals surface area contributed by atoms with Crippen LogP contribution in [0.5, 0.6) is 11.5 Å². The number of halogens is 2. The third-order valence-corrected chi connectivity index (χ3v) is 5.23. The Labute approximate surface area is 143 Å². The SMILES string of the molecule is CCN1CCC[C@H]1CNC(=O)c1c(Cl)c(Br)cc(O)c1OC.